The molecule has 6 nitrogen and oxygen atoms in total. The highest BCUT2D eigenvalue weighted by Gasteiger charge is 2.16. The van der Waals surface area contributed by atoms with E-state index in [1.165, 1.54) is 16.7 Å². The number of thioether (sulfide) groups is 1. The molecule has 0 spiro atoms. The number of hydrogen-bond acceptors (Lipinski definition) is 6. The number of thiophene rings is 1. The summed E-state index contributed by atoms with van der Waals surface area (Å²) in [4.78, 5) is 34.9. The fraction of sp³-hybridized carbons (Fsp3) is 0.333. The summed E-state index contributed by atoms with van der Waals surface area (Å²) in [7, 11) is 0. The van der Waals surface area contributed by atoms with Gasteiger partial charge in [-0.1, -0.05) is 17.8 Å². The van der Waals surface area contributed by atoms with Crippen molar-refractivity contribution in [2.45, 2.75) is 18.6 Å². The van der Waals surface area contributed by atoms with Gasteiger partial charge in [-0.2, -0.15) is 0 Å². The summed E-state index contributed by atoms with van der Waals surface area (Å²) >= 11 is 2.86. The highest BCUT2D eigenvalue weighted by molar-refractivity contribution is 7.99. The van der Waals surface area contributed by atoms with Crippen LogP contribution in [0.1, 0.15) is 11.8 Å². The maximum atomic E-state index is 12.2. The van der Waals surface area contributed by atoms with Crippen molar-refractivity contribution in [2.75, 3.05) is 18.8 Å². The van der Waals surface area contributed by atoms with Crippen LogP contribution in [0.15, 0.2) is 41.1 Å². The van der Waals surface area contributed by atoms with Gasteiger partial charge in [0.15, 0.2) is 5.16 Å². The average molecular weight is 350 g/mol. The molecule has 0 saturated heterocycles. The second-order valence-electron chi connectivity index (χ2n) is 4.58. The second kappa shape index (κ2) is 9.26. The number of likely N-dealkylation sites (N-methyl/N-ethyl adjacent to an activating group) is 1. The Bertz CT molecular complexity index is 620. The molecule has 0 bridgehead atoms. The van der Waals surface area contributed by atoms with Crippen molar-refractivity contribution in [3.8, 4) is 0 Å². The fourth-order valence-corrected chi connectivity index (χ4v) is 3.13. The van der Waals surface area contributed by atoms with Crippen molar-refractivity contribution in [2.24, 2.45) is 0 Å². The van der Waals surface area contributed by atoms with Gasteiger partial charge in [-0.15, -0.1) is 11.3 Å². The highest BCUT2D eigenvalue weighted by atomic mass is 32.2. The molecule has 0 aromatic carbocycles. The number of aromatic nitrogens is 2. The van der Waals surface area contributed by atoms with E-state index >= 15 is 0 Å². The molecular formula is C15H18N4O2S2. The Labute approximate surface area is 143 Å². The van der Waals surface area contributed by atoms with Crippen LogP contribution in [0, 0.1) is 0 Å². The molecule has 2 aromatic heterocycles. The Morgan fingerprint density at radius 2 is 2.09 bits per heavy atom. The molecule has 2 heterocycles. The highest BCUT2D eigenvalue weighted by Crippen LogP contribution is 2.12. The summed E-state index contributed by atoms with van der Waals surface area (Å²) in [6.07, 6.45) is 3.27. The maximum absolute atomic E-state index is 12.2. The van der Waals surface area contributed by atoms with Crippen molar-refractivity contribution in [3.63, 3.8) is 0 Å². The summed E-state index contributed by atoms with van der Waals surface area (Å²) in [5.74, 6) is -0.0402. The first kappa shape index (κ1) is 17.4. The first-order chi connectivity index (χ1) is 11.2. The molecule has 0 aliphatic carbocycles. The average Bonchev–Trinajstić information content (AvgIpc) is 3.10. The fourth-order valence-electron chi connectivity index (χ4n) is 1.78. The molecule has 0 unspecified atom stereocenters. The summed E-state index contributed by atoms with van der Waals surface area (Å²) in [6.45, 7) is 2.90. The third-order valence-corrected chi connectivity index (χ3v) is 4.71. The molecule has 0 aliphatic rings. The van der Waals surface area contributed by atoms with Gasteiger partial charge in [0, 0.05) is 23.8 Å². The predicted molar refractivity (Wildman–Crippen MR) is 91.2 cm³/mol. The lowest BCUT2D eigenvalue weighted by Gasteiger charge is -2.19. The molecule has 0 radical (unpaired) electrons. The molecule has 0 aliphatic heterocycles. The molecular weight excluding hydrogens is 332 g/mol. The van der Waals surface area contributed by atoms with Gasteiger partial charge in [-0.3, -0.25) is 9.59 Å². The predicted octanol–water partition coefficient (Wildman–Crippen LogP) is 1.80. The van der Waals surface area contributed by atoms with Crippen LogP contribution < -0.4 is 5.32 Å². The van der Waals surface area contributed by atoms with E-state index in [-0.39, 0.29) is 24.1 Å². The molecule has 8 heteroatoms. The molecule has 122 valence electrons. The Kier molecular flexibility index (Phi) is 7.02. The molecule has 0 fully saturated rings. The van der Waals surface area contributed by atoms with Crippen LogP contribution in [0.3, 0.4) is 0 Å². The van der Waals surface area contributed by atoms with Gasteiger partial charge < -0.3 is 10.2 Å². The van der Waals surface area contributed by atoms with E-state index in [0.29, 0.717) is 18.2 Å². The third-order valence-electron chi connectivity index (χ3n) is 2.98. The van der Waals surface area contributed by atoms with Gasteiger partial charge in [-0.05, 0) is 24.4 Å². The summed E-state index contributed by atoms with van der Waals surface area (Å²) in [5.41, 5.74) is 0. The van der Waals surface area contributed by atoms with Crippen molar-refractivity contribution in [3.05, 3.63) is 40.8 Å². The van der Waals surface area contributed by atoms with Gasteiger partial charge in [0.1, 0.15) is 0 Å². The maximum Gasteiger partial charge on any atom is 0.239 e. The zero-order valence-corrected chi connectivity index (χ0v) is 14.4. The molecule has 0 atom stereocenters. The van der Waals surface area contributed by atoms with Gasteiger partial charge >= 0.3 is 0 Å². The summed E-state index contributed by atoms with van der Waals surface area (Å²) in [5, 5.41) is 5.34. The number of hydrogen-bond donors (Lipinski definition) is 1. The minimum atomic E-state index is -0.158. The first-order valence-corrected chi connectivity index (χ1v) is 9.02. The van der Waals surface area contributed by atoms with Crippen molar-refractivity contribution < 1.29 is 9.59 Å². The van der Waals surface area contributed by atoms with Crippen molar-refractivity contribution in [1.29, 1.82) is 0 Å². The van der Waals surface area contributed by atoms with E-state index in [1.807, 2.05) is 24.4 Å². The molecule has 23 heavy (non-hydrogen) atoms. The van der Waals surface area contributed by atoms with Crippen LogP contribution in [0.5, 0.6) is 0 Å². The smallest absolute Gasteiger partial charge is 0.239 e. The van der Waals surface area contributed by atoms with E-state index in [9.17, 15) is 9.59 Å². The zero-order chi connectivity index (χ0) is 16.5. The number of nitrogens with zero attached hydrogens (tertiary/aromatic N) is 3. The van der Waals surface area contributed by atoms with E-state index in [1.54, 1.807) is 29.8 Å². The SMILES string of the molecule is CCN(CC(=O)NCc1cccs1)C(=O)CSc1ncccn1. The van der Waals surface area contributed by atoms with Crippen LogP contribution in [0.2, 0.25) is 0 Å². The lowest BCUT2D eigenvalue weighted by molar-refractivity contribution is -0.133. The van der Waals surface area contributed by atoms with Crippen molar-refractivity contribution >= 4 is 34.9 Å². The summed E-state index contributed by atoms with van der Waals surface area (Å²) < 4.78 is 0. The van der Waals surface area contributed by atoms with Crippen LogP contribution in [-0.2, 0) is 16.1 Å². The zero-order valence-electron chi connectivity index (χ0n) is 12.8. The monoisotopic (exact) mass is 350 g/mol. The molecule has 2 amide bonds. The van der Waals surface area contributed by atoms with Crippen LogP contribution in [0.25, 0.3) is 0 Å². The molecule has 2 rings (SSSR count). The van der Waals surface area contributed by atoms with Gasteiger partial charge in [0.25, 0.3) is 0 Å². The molecule has 2 aromatic rings. The van der Waals surface area contributed by atoms with Crippen LogP contribution in [-0.4, -0.2) is 45.5 Å². The lowest BCUT2D eigenvalue weighted by Crippen LogP contribution is -2.41. The Morgan fingerprint density at radius 3 is 2.74 bits per heavy atom. The summed E-state index contributed by atoms with van der Waals surface area (Å²) in [6, 6.07) is 5.63. The number of carbonyl (C=O) groups is 2. The van der Waals surface area contributed by atoms with E-state index in [0.717, 1.165) is 4.88 Å². The quantitative estimate of drug-likeness (QED) is 0.580. The second-order valence-corrected chi connectivity index (χ2v) is 6.56. The Morgan fingerprint density at radius 1 is 1.30 bits per heavy atom. The number of rotatable bonds is 8. The standard InChI is InChI=1S/C15H18N4O2S2/c1-2-19(10-13(20)18-9-12-5-3-8-22-12)14(21)11-23-15-16-6-4-7-17-15/h3-8H,2,9-11H2,1H3,(H,18,20). The topological polar surface area (TPSA) is 75.2 Å². The van der Waals surface area contributed by atoms with Crippen LogP contribution in [0.4, 0.5) is 0 Å². The van der Waals surface area contributed by atoms with E-state index < -0.39 is 0 Å². The van der Waals surface area contributed by atoms with E-state index in [2.05, 4.69) is 15.3 Å². The first-order valence-electron chi connectivity index (χ1n) is 7.15. The Balaban J connectivity index is 1.76. The third kappa shape index (κ3) is 5.99. The lowest BCUT2D eigenvalue weighted by atomic mass is 10.4. The largest absolute Gasteiger partial charge is 0.350 e. The van der Waals surface area contributed by atoms with Gasteiger partial charge in [0.05, 0.1) is 18.8 Å². The number of carbonyl (C=O) groups excluding carboxylic acids is 2. The number of nitrogens with one attached hydrogen (secondary N) is 1. The molecule has 0 saturated carbocycles. The van der Waals surface area contributed by atoms with Crippen LogP contribution >= 0.6 is 23.1 Å². The number of amides is 2. The van der Waals surface area contributed by atoms with E-state index in [4.69, 9.17) is 0 Å². The minimum Gasteiger partial charge on any atom is -0.350 e. The van der Waals surface area contributed by atoms with Crippen molar-refractivity contribution in [1.82, 2.24) is 20.2 Å². The normalized spacial score (nSPS) is 10.3. The van der Waals surface area contributed by atoms with Gasteiger partial charge in [0.2, 0.25) is 11.8 Å². The minimum absolute atomic E-state index is 0.0664. The molecule has 1 N–H and O–H groups in total. The van der Waals surface area contributed by atoms with Gasteiger partial charge in [-0.25, -0.2) is 9.97 Å². The Hall–Kier alpha value is -1.93.